The Balaban J connectivity index is 1.93. The number of benzene rings is 2. The first kappa shape index (κ1) is 13.2. The molecule has 0 saturated heterocycles. The minimum Gasteiger partial charge on any atom is -0.497 e. The SMILES string of the molecule is COc1cccc(/C=C2\C=C(c3ccccc3)OC2=O)c1. The second-order valence-electron chi connectivity index (χ2n) is 4.64. The van der Waals surface area contributed by atoms with E-state index in [9.17, 15) is 4.79 Å². The smallest absolute Gasteiger partial charge is 0.343 e. The van der Waals surface area contributed by atoms with Gasteiger partial charge in [-0.15, -0.1) is 0 Å². The second-order valence-corrected chi connectivity index (χ2v) is 4.64. The lowest BCUT2D eigenvalue weighted by Gasteiger charge is -2.01. The van der Waals surface area contributed by atoms with Gasteiger partial charge in [0.25, 0.3) is 0 Å². The molecule has 2 aromatic carbocycles. The third-order valence-corrected chi connectivity index (χ3v) is 3.20. The third kappa shape index (κ3) is 2.87. The molecule has 1 heterocycles. The lowest BCUT2D eigenvalue weighted by molar-refractivity contribution is -0.130. The van der Waals surface area contributed by atoms with E-state index in [0.29, 0.717) is 11.3 Å². The minimum absolute atomic E-state index is 0.336. The minimum atomic E-state index is -0.336. The fraction of sp³-hybridized carbons (Fsp3) is 0.0556. The Hall–Kier alpha value is -2.81. The first-order valence-electron chi connectivity index (χ1n) is 6.61. The molecule has 1 aliphatic rings. The van der Waals surface area contributed by atoms with E-state index in [4.69, 9.17) is 9.47 Å². The van der Waals surface area contributed by atoms with Crippen LogP contribution in [0, 0.1) is 0 Å². The van der Waals surface area contributed by atoms with Gasteiger partial charge in [-0.25, -0.2) is 4.79 Å². The zero-order chi connectivity index (χ0) is 14.7. The Morgan fingerprint density at radius 3 is 2.62 bits per heavy atom. The average Bonchev–Trinajstić information content (AvgIpc) is 2.89. The summed E-state index contributed by atoms with van der Waals surface area (Å²) < 4.78 is 10.5. The fourth-order valence-electron chi connectivity index (χ4n) is 2.14. The van der Waals surface area contributed by atoms with Crippen molar-refractivity contribution in [2.45, 2.75) is 0 Å². The Morgan fingerprint density at radius 2 is 1.86 bits per heavy atom. The summed E-state index contributed by atoms with van der Waals surface area (Å²) in [4.78, 5) is 11.9. The second kappa shape index (κ2) is 5.67. The number of cyclic esters (lactones) is 1. The van der Waals surface area contributed by atoms with E-state index < -0.39 is 0 Å². The van der Waals surface area contributed by atoms with E-state index in [1.807, 2.05) is 54.6 Å². The summed E-state index contributed by atoms with van der Waals surface area (Å²) in [5, 5.41) is 0. The van der Waals surface area contributed by atoms with Crippen molar-refractivity contribution >= 4 is 17.8 Å². The van der Waals surface area contributed by atoms with Crippen molar-refractivity contribution in [3.8, 4) is 5.75 Å². The molecule has 0 atom stereocenters. The van der Waals surface area contributed by atoms with Crippen molar-refractivity contribution < 1.29 is 14.3 Å². The van der Waals surface area contributed by atoms with Crippen molar-refractivity contribution in [3.63, 3.8) is 0 Å². The van der Waals surface area contributed by atoms with Crippen LogP contribution in [0.1, 0.15) is 11.1 Å². The highest BCUT2D eigenvalue weighted by Crippen LogP contribution is 2.27. The van der Waals surface area contributed by atoms with Gasteiger partial charge in [0.2, 0.25) is 0 Å². The molecule has 0 spiro atoms. The molecule has 0 aromatic heterocycles. The first-order chi connectivity index (χ1) is 10.3. The molecule has 0 saturated carbocycles. The van der Waals surface area contributed by atoms with Crippen LogP contribution < -0.4 is 4.74 Å². The summed E-state index contributed by atoms with van der Waals surface area (Å²) in [6.07, 6.45) is 3.55. The van der Waals surface area contributed by atoms with E-state index in [-0.39, 0.29) is 5.97 Å². The normalized spacial score (nSPS) is 15.8. The van der Waals surface area contributed by atoms with Crippen molar-refractivity contribution in [2.75, 3.05) is 7.11 Å². The highest BCUT2D eigenvalue weighted by molar-refractivity contribution is 6.05. The molecule has 0 bridgehead atoms. The maximum Gasteiger partial charge on any atom is 0.343 e. The predicted octanol–water partition coefficient (Wildman–Crippen LogP) is 3.68. The zero-order valence-corrected chi connectivity index (χ0v) is 11.6. The third-order valence-electron chi connectivity index (χ3n) is 3.20. The highest BCUT2D eigenvalue weighted by Gasteiger charge is 2.21. The number of rotatable bonds is 3. The van der Waals surface area contributed by atoms with Gasteiger partial charge in [-0.3, -0.25) is 0 Å². The summed E-state index contributed by atoms with van der Waals surface area (Å²) in [5.41, 5.74) is 2.31. The van der Waals surface area contributed by atoms with Crippen molar-refractivity contribution in [3.05, 3.63) is 77.4 Å². The number of methoxy groups -OCH3 is 1. The van der Waals surface area contributed by atoms with E-state index in [1.54, 1.807) is 19.3 Å². The molecule has 0 aliphatic carbocycles. The first-order valence-corrected chi connectivity index (χ1v) is 6.61. The van der Waals surface area contributed by atoms with Gasteiger partial charge in [-0.2, -0.15) is 0 Å². The van der Waals surface area contributed by atoms with Gasteiger partial charge in [-0.1, -0.05) is 42.5 Å². The van der Waals surface area contributed by atoms with Crippen LogP contribution in [-0.4, -0.2) is 13.1 Å². The topological polar surface area (TPSA) is 35.5 Å². The molecule has 0 amide bonds. The molecule has 3 heteroatoms. The molecule has 3 rings (SSSR count). The van der Waals surface area contributed by atoms with Crippen LogP contribution in [0.15, 0.2) is 66.2 Å². The van der Waals surface area contributed by atoms with Crippen molar-refractivity contribution in [2.24, 2.45) is 0 Å². The van der Waals surface area contributed by atoms with E-state index in [1.165, 1.54) is 0 Å². The molecule has 0 unspecified atom stereocenters. The Morgan fingerprint density at radius 1 is 1.05 bits per heavy atom. The molecule has 1 aliphatic heterocycles. The Kier molecular flexibility index (Phi) is 3.56. The van der Waals surface area contributed by atoms with Crippen LogP contribution in [0.4, 0.5) is 0 Å². The molecule has 0 N–H and O–H groups in total. The van der Waals surface area contributed by atoms with Crippen LogP contribution in [0.2, 0.25) is 0 Å². The van der Waals surface area contributed by atoms with Crippen LogP contribution in [-0.2, 0) is 9.53 Å². The largest absolute Gasteiger partial charge is 0.497 e. The molecule has 104 valence electrons. The Labute approximate surface area is 123 Å². The van der Waals surface area contributed by atoms with E-state index in [0.717, 1.165) is 16.9 Å². The van der Waals surface area contributed by atoms with Gasteiger partial charge in [-0.05, 0) is 29.8 Å². The Bertz CT molecular complexity index is 727. The quantitative estimate of drug-likeness (QED) is 0.634. The van der Waals surface area contributed by atoms with Gasteiger partial charge < -0.3 is 9.47 Å². The van der Waals surface area contributed by atoms with Gasteiger partial charge in [0.15, 0.2) is 0 Å². The monoisotopic (exact) mass is 278 g/mol. The molecule has 0 radical (unpaired) electrons. The molecule has 2 aromatic rings. The summed E-state index contributed by atoms with van der Waals surface area (Å²) in [5.74, 6) is 0.995. The van der Waals surface area contributed by atoms with Gasteiger partial charge in [0.05, 0.1) is 12.7 Å². The van der Waals surface area contributed by atoms with Gasteiger partial charge >= 0.3 is 5.97 Å². The predicted molar refractivity (Wildman–Crippen MR) is 81.5 cm³/mol. The van der Waals surface area contributed by atoms with Crippen LogP contribution >= 0.6 is 0 Å². The van der Waals surface area contributed by atoms with E-state index >= 15 is 0 Å². The standard InChI is InChI=1S/C18H14O3/c1-20-16-9-5-6-13(11-16)10-15-12-17(21-18(15)19)14-7-3-2-4-8-14/h2-12H,1H3/b15-10+. The maximum absolute atomic E-state index is 11.9. The van der Waals surface area contributed by atoms with Crippen LogP contribution in [0.25, 0.3) is 11.8 Å². The summed E-state index contributed by atoms with van der Waals surface area (Å²) in [6.45, 7) is 0. The van der Waals surface area contributed by atoms with Gasteiger partial charge in [0, 0.05) is 5.56 Å². The number of ether oxygens (including phenoxy) is 2. The van der Waals surface area contributed by atoms with Crippen LogP contribution in [0.5, 0.6) is 5.75 Å². The summed E-state index contributed by atoms with van der Waals surface area (Å²) >= 11 is 0. The number of esters is 1. The van der Waals surface area contributed by atoms with Gasteiger partial charge in [0.1, 0.15) is 11.5 Å². The molecular formula is C18H14O3. The number of carbonyl (C=O) groups excluding carboxylic acids is 1. The van der Waals surface area contributed by atoms with Crippen molar-refractivity contribution in [1.82, 2.24) is 0 Å². The maximum atomic E-state index is 11.9. The van der Waals surface area contributed by atoms with Crippen molar-refractivity contribution in [1.29, 1.82) is 0 Å². The van der Waals surface area contributed by atoms with Crippen LogP contribution in [0.3, 0.4) is 0 Å². The molecular weight excluding hydrogens is 264 g/mol. The number of hydrogen-bond donors (Lipinski definition) is 0. The average molecular weight is 278 g/mol. The summed E-state index contributed by atoms with van der Waals surface area (Å²) in [6, 6.07) is 17.1. The fourth-order valence-corrected chi connectivity index (χ4v) is 2.14. The number of hydrogen-bond acceptors (Lipinski definition) is 3. The lowest BCUT2D eigenvalue weighted by atomic mass is 10.1. The summed E-state index contributed by atoms with van der Waals surface area (Å²) in [7, 11) is 1.61. The highest BCUT2D eigenvalue weighted by atomic mass is 16.5. The molecule has 3 nitrogen and oxygen atoms in total. The van der Waals surface area contributed by atoms with E-state index in [2.05, 4.69) is 0 Å². The molecule has 21 heavy (non-hydrogen) atoms. The molecule has 0 fully saturated rings. The lowest BCUT2D eigenvalue weighted by Crippen LogP contribution is -1.97. The zero-order valence-electron chi connectivity index (χ0n) is 11.6. The number of carbonyl (C=O) groups is 1.